The van der Waals surface area contributed by atoms with E-state index in [1.165, 1.54) is 0 Å². The molecule has 0 spiro atoms. The summed E-state index contributed by atoms with van der Waals surface area (Å²) < 4.78 is 5.79. The first kappa shape index (κ1) is 16.3. The molecule has 0 bridgehead atoms. The molecule has 1 heterocycles. The van der Waals surface area contributed by atoms with E-state index < -0.39 is 0 Å². The maximum atomic E-state index is 12.6. The molecule has 5 rings (SSSR count). The summed E-state index contributed by atoms with van der Waals surface area (Å²) in [4.78, 5) is 17.1. The molecule has 0 fully saturated rings. The lowest BCUT2D eigenvalue weighted by atomic mass is 10.1. The van der Waals surface area contributed by atoms with Crippen molar-refractivity contribution in [2.45, 2.75) is 0 Å². The number of fused-ring (bicyclic) bond motifs is 2. The Morgan fingerprint density at radius 3 is 2.36 bits per heavy atom. The summed E-state index contributed by atoms with van der Waals surface area (Å²) in [5, 5.41) is 5.09. The number of aromatic nitrogens is 1. The molecule has 4 heteroatoms. The Kier molecular flexibility index (Phi) is 3.87. The number of anilines is 1. The fraction of sp³-hybridized carbons (Fsp3) is 0. The van der Waals surface area contributed by atoms with Gasteiger partial charge in [0.15, 0.2) is 5.58 Å². The fourth-order valence-electron chi connectivity index (χ4n) is 3.23. The molecule has 4 nitrogen and oxygen atoms in total. The number of nitrogens with one attached hydrogen (secondary N) is 1. The van der Waals surface area contributed by atoms with E-state index in [9.17, 15) is 4.79 Å². The minimum atomic E-state index is -0.139. The zero-order valence-corrected chi connectivity index (χ0v) is 14.9. The average Bonchev–Trinajstić information content (AvgIpc) is 3.18. The lowest BCUT2D eigenvalue weighted by Gasteiger charge is -2.07. The summed E-state index contributed by atoms with van der Waals surface area (Å²) >= 11 is 0. The summed E-state index contributed by atoms with van der Waals surface area (Å²) in [5.74, 6) is 0.425. The Bertz CT molecular complexity index is 1270. The molecule has 0 aliphatic rings. The first-order valence-electron chi connectivity index (χ1n) is 9.02. The monoisotopic (exact) mass is 364 g/mol. The Balaban J connectivity index is 1.37. The van der Waals surface area contributed by atoms with Gasteiger partial charge in [0.1, 0.15) is 5.52 Å². The van der Waals surface area contributed by atoms with Gasteiger partial charge in [-0.3, -0.25) is 4.79 Å². The third kappa shape index (κ3) is 3.01. The van der Waals surface area contributed by atoms with Crippen molar-refractivity contribution in [1.29, 1.82) is 0 Å². The predicted octanol–water partition coefficient (Wildman–Crippen LogP) is 5.90. The Morgan fingerprint density at radius 1 is 0.786 bits per heavy atom. The lowest BCUT2D eigenvalue weighted by Crippen LogP contribution is -2.11. The molecule has 0 atom stereocenters. The zero-order chi connectivity index (χ0) is 18.9. The molecule has 1 N–H and O–H groups in total. The largest absolute Gasteiger partial charge is 0.436 e. The second-order valence-corrected chi connectivity index (χ2v) is 6.58. The van der Waals surface area contributed by atoms with Crippen molar-refractivity contribution < 1.29 is 9.21 Å². The van der Waals surface area contributed by atoms with Gasteiger partial charge in [-0.05, 0) is 59.3 Å². The Hall–Kier alpha value is -3.92. The number of carbonyl (C=O) groups excluding carboxylic acids is 1. The lowest BCUT2D eigenvalue weighted by molar-refractivity contribution is 0.102. The van der Waals surface area contributed by atoms with E-state index >= 15 is 0 Å². The number of carbonyl (C=O) groups is 1. The summed E-state index contributed by atoms with van der Waals surface area (Å²) in [6.45, 7) is 0. The van der Waals surface area contributed by atoms with Crippen molar-refractivity contribution >= 4 is 33.5 Å². The van der Waals surface area contributed by atoms with Crippen molar-refractivity contribution in [3.8, 4) is 11.5 Å². The van der Waals surface area contributed by atoms with E-state index in [2.05, 4.69) is 10.3 Å². The van der Waals surface area contributed by atoms with E-state index in [0.717, 1.165) is 33.1 Å². The molecule has 0 unspecified atom stereocenters. The van der Waals surface area contributed by atoms with Gasteiger partial charge in [0.25, 0.3) is 5.91 Å². The van der Waals surface area contributed by atoms with E-state index in [0.29, 0.717) is 11.5 Å². The summed E-state index contributed by atoms with van der Waals surface area (Å²) in [6, 6.07) is 28.8. The van der Waals surface area contributed by atoms with Crippen molar-refractivity contribution in [2.24, 2.45) is 0 Å². The standard InChI is InChI=1S/C24H16N2O2/c27-23(19-10-9-16-5-1-2-6-18(16)15-19)25-20-13-11-17(12-14-20)24-26-21-7-3-4-8-22(21)28-24/h1-15H,(H,25,27). The quantitative estimate of drug-likeness (QED) is 0.433. The van der Waals surface area contributed by atoms with Gasteiger partial charge in [0, 0.05) is 16.8 Å². The van der Waals surface area contributed by atoms with Crippen LogP contribution < -0.4 is 5.32 Å². The van der Waals surface area contributed by atoms with Crippen LogP contribution in [0.4, 0.5) is 5.69 Å². The van der Waals surface area contributed by atoms with Crippen LogP contribution in [0.2, 0.25) is 0 Å². The third-order valence-electron chi connectivity index (χ3n) is 4.70. The second kappa shape index (κ2) is 6.67. The van der Waals surface area contributed by atoms with Gasteiger partial charge in [0.05, 0.1) is 0 Å². The smallest absolute Gasteiger partial charge is 0.255 e. The molecule has 0 radical (unpaired) electrons. The van der Waals surface area contributed by atoms with Crippen LogP contribution in [0, 0.1) is 0 Å². The van der Waals surface area contributed by atoms with E-state index in [-0.39, 0.29) is 5.91 Å². The van der Waals surface area contributed by atoms with Crippen LogP contribution in [0.5, 0.6) is 0 Å². The highest BCUT2D eigenvalue weighted by atomic mass is 16.3. The molecular formula is C24H16N2O2. The molecule has 0 aliphatic carbocycles. The van der Waals surface area contributed by atoms with E-state index in [4.69, 9.17) is 4.42 Å². The number of benzene rings is 4. The molecule has 0 aliphatic heterocycles. The molecule has 5 aromatic rings. The van der Waals surface area contributed by atoms with Crippen LogP contribution in [-0.4, -0.2) is 10.9 Å². The molecule has 4 aromatic carbocycles. The second-order valence-electron chi connectivity index (χ2n) is 6.58. The number of oxazole rings is 1. The number of rotatable bonds is 3. The van der Waals surface area contributed by atoms with Crippen molar-refractivity contribution in [3.63, 3.8) is 0 Å². The SMILES string of the molecule is O=C(Nc1ccc(-c2nc3ccccc3o2)cc1)c1ccc2ccccc2c1. The maximum absolute atomic E-state index is 12.6. The molecule has 28 heavy (non-hydrogen) atoms. The molecular weight excluding hydrogens is 348 g/mol. The molecule has 0 saturated heterocycles. The molecule has 1 aromatic heterocycles. The highest BCUT2D eigenvalue weighted by Gasteiger charge is 2.10. The molecule has 134 valence electrons. The summed E-state index contributed by atoms with van der Waals surface area (Å²) in [6.07, 6.45) is 0. The van der Waals surface area contributed by atoms with E-state index in [1.54, 1.807) is 0 Å². The van der Waals surface area contributed by atoms with E-state index in [1.807, 2.05) is 91.0 Å². The van der Waals surface area contributed by atoms with Crippen LogP contribution in [0.25, 0.3) is 33.3 Å². The highest BCUT2D eigenvalue weighted by Crippen LogP contribution is 2.25. The van der Waals surface area contributed by atoms with Gasteiger partial charge in [-0.15, -0.1) is 0 Å². The van der Waals surface area contributed by atoms with Crippen LogP contribution in [0.1, 0.15) is 10.4 Å². The first-order chi connectivity index (χ1) is 13.8. The van der Waals surface area contributed by atoms with Gasteiger partial charge in [0.2, 0.25) is 5.89 Å². The number of hydrogen-bond donors (Lipinski definition) is 1. The Labute approximate surface area is 161 Å². The van der Waals surface area contributed by atoms with Gasteiger partial charge >= 0.3 is 0 Å². The van der Waals surface area contributed by atoms with Crippen LogP contribution in [-0.2, 0) is 0 Å². The predicted molar refractivity (Wildman–Crippen MR) is 111 cm³/mol. The minimum Gasteiger partial charge on any atom is -0.436 e. The summed E-state index contributed by atoms with van der Waals surface area (Å²) in [5.41, 5.74) is 3.79. The number of nitrogens with zero attached hydrogens (tertiary/aromatic N) is 1. The fourth-order valence-corrected chi connectivity index (χ4v) is 3.23. The summed E-state index contributed by atoms with van der Waals surface area (Å²) in [7, 11) is 0. The number of para-hydroxylation sites is 2. The highest BCUT2D eigenvalue weighted by molar-refractivity contribution is 6.06. The first-order valence-corrected chi connectivity index (χ1v) is 9.02. The third-order valence-corrected chi connectivity index (χ3v) is 4.70. The van der Waals surface area contributed by atoms with Crippen LogP contribution >= 0.6 is 0 Å². The minimum absolute atomic E-state index is 0.139. The zero-order valence-electron chi connectivity index (χ0n) is 14.9. The molecule has 0 saturated carbocycles. The van der Waals surface area contributed by atoms with Gasteiger partial charge in [-0.2, -0.15) is 0 Å². The van der Waals surface area contributed by atoms with Crippen LogP contribution in [0.3, 0.4) is 0 Å². The van der Waals surface area contributed by atoms with Crippen molar-refractivity contribution in [2.75, 3.05) is 5.32 Å². The topological polar surface area (TPSA) is 55.1 Å². The van der Waals surface area contributed by atoms with Crippen LogP contribution in [0.15, 0.2) is 95.4 Å². The molecule has 1 amide bonds. The van der Waals surface area contributed by atoms with Gasteiger partial charge in [-0.1, -0.05) is 42.5 Å². The number of amides is 1. The van der Waals surface area contributed by atoms with Gasteiger partial charge in [-0.25, -0.2) is 4.98 Å². The normalized spacial score (nSPS) is 11.0. The maximum Gasteiger partial charge on any atom is 0.255 e. The number of hydrogen-bond acceptors (Lipinski definition) is 3. The average molecular weight is 364 g/mol. The van der Waals surface area contributed by atoms with Gasteiger partial charge < -0.3 is 9.73 Å². The van der Waals surface area contributed by atoms with Crippen molar-refractivity contribution in [1.82, 2.24) is 4.98 Å². The van der Waals surface area contributed by atoms with Crippen molar-refractivity contribution in [3.05, 3.63) is 96.6 Å². The Morgan fingerprint density at radius 2 is 1.54 bits per heavy atom.